The molecule has 0 aliphatic carbocycles. The van der Waals surface area contributed by atoms with E-state index in [4.69, 9.17) is 32.7 Å². The van der Waals surface area contributed by atoms with Crippen LogP contribution >= 0.6 is 23.2 Å². The predicted molar refractivity (Wildman–Crippen MR) is 75.1 cm³/mol. The maximum Gasteiger partial charge on any atom is 0.318 e. The summed E-state index contributed by atoms with van der Waals surface area (Å²) in [5, 5.41) is 0. The van der Waals surface area contributed by atoms with Crippen LogP contribution in [0, 0.1) is 0 Å². The number of alkyl halides is 2. The van der Waals surface area contributed by atoms with Gasteiger partial charge in [-0.15, -0.1) is 0 Å². The van der Waals surface area contributed by atoms with Crippen LogP contribution in [0.3, 0.4) is 0 Å². The minimum Gasteiger partial charge on any atom is -0.446 e. The van der Waals surface area contributed by atoms with E-state index >= 15 is 0 Å². The average Bonchev–Trinajstić information content (AvgIpc) is 2.33. The quantitative estimate of drug-likeness (QED) is 0.348. The van der Waals surface area contributed by atoms with Crippen LogP contribution in [0.1, 0.15) is 58.8 Å². The van der Waals surface area contributed by atoms with Crippen molar-refractivity contribution >= 4 is 35.1 Å². The fourth-order valence-electron chi connectivity index (χ4n) is 1.33. The molecule has 19 heavy (non-hydrogen) atoms. The van der Waals surface area contributed by atoms with Gasteiger partial charge in [-0.25, -0.2) is 0 Å². The Morgan fingerprint density at radius 3 is 1.58 bits per heavy atom. The summed E-state index contributed by atoms with van der Waals surface area (Å²) in [6.07, 6.45) is 4.37. The smallest absolute Gasteiger partial charge is 0.318 e. The van der Waals surface area contributed by atoms with Gasteiger partial charge in [-0.3, -0.25) is 9.59 Å². The number of hydrogen-bond donors (Lipinski definition) is 0. The molecule has 2 unspecified atom stereocenters. The Morgan fingerprint density at radius 1 is 0.895 bits per heavy atom. The summed E-state index contributed by atoms with van der Waals surface area (Å²) in [5.74, 6) is -1.36. The molecule has 112 valence electrons. The molecule has 0 spiro atoms. The van der Waals surface area contributed by atoms with Gasteiger partial charge in [0.25, 0.3) is 0 Å². The first kappa shape index (κ1) is 18.5. The van der Waals surface area contributed by atoms with Crippen molar-refractivity contribution in [1.82, 2.24) is 0 Å². The van der Waals surface area contributed by atoms with E-state index in [1.54, 1.807) is 0 Å². The van der Waals surface area contributed by atoms with E-state index < -0.39 is 29.5 Å². The van der Waals surface area contributed by atoms with E-state index in [1.807, 2.05) is 13.8 Å². The van der Waals surface area contributed by atoms with E-state index in [0.29, 0.717) is 12.8 Å². The van der Waals surface area contributed by atoms with Crippen LogP contribution in [-0.4, -0.2) is 23.1 Å². The average molecular weight is 313 g/mol. The van der Waals surface area contributed by atoms with Gasteiger partial charge in [0, 0.05) is 0 Å². The van der Waals surface area contributed by atoms with Gasteiger partial charge in [-0.05, 0) is 25.7 Å². The molecule has 0 fully saturated rings. The fourth-order valence-corrected chi connectivity index (χ4v) is 1.84. The third kappa shape index (κ3) is 11.1. The van der Waals surface area contributed by atoms with Crippen LogP contribution in [0.15, 0.2) is 0 Å². The SMILES string of the molecule is CCCCC(Cl)OC(=O)CC(=O)OC(Cl)CCCC. The van der Waals surface area contributed by atoms with Gasteiger partial charge >= 0.3 is 11.9 Å². The molecule has 0 aliphatic rings. The molecule has 2 atom stereocenters. The van der Waals surface area contributed by atoms with Crippen molar-refractivity contribution in [2.45, 2.75) is 69.9 Å². The van der Waals surface area contributed by atoms with Crippen LogP contribution in [0.5, 0.6) is 0 Å². The molecule has 0 N–H and O–H groups in total. The lowest BCUT2D eigenvalue weighted by molar-refractivity contribution is -0.156. The lowest BCUT2D eigenvalue weighted by Gasteiger charge is -2.12. The third-order valence-electron chi connectivity index (χ3n) is 2.38. The highest BCUT2D eigenvalue weighted by molar-refractivity contribution is 6.20. The second kappa shape index (κ2) is 11.4. The van der Waals surface area contributed by atoms with Crippen LogP contribution < -0.4 is 0 Å². The molecule has 0 saturated carbocycles. The van der Waals surface area contributed by atoms with E-state index in [0.717, 1.165) is 25.7 Å². The molecule has 0 bridgehead atoms. The van der Waals surface area contributed by atoms with Crippen LogP contribution in [-0.2, 0) is 19.1 Å². The van der Waals surface area contributed by atoms with Crippen molar-refractivity contribution in [2.24, 2.45) is 0 Å². The summed E-state index contributed by atoms with van der Waals surface area (Å²) in [6, 6.07) is 0. The number of carbonyl (C=O) groups is 2. The number of esters is 2. The van der Waals surface area contributed by atoms with Gasteiger partial charge in [0.1, 0.15) is 6.42 Å². The molecule has 0 radical (unpaired) electrons. The van der Waals surface area contributed by atoms with Gasteiger partial charge in [-0.1, -0.05) is 49.9 Å². The number of ether oxygens (including phenoxy) is 2. The highest BCUT2D eigenvalue weighted by Crippen LogP contribution is 2.12. The van der Waals surface area contributed by atoms with Crippen LogP contribution in [0.2, 0.25) is 0 Å². The lowest BCUT2D eigenvalue weighted by atomic mass is 10.2. The Balaban J connectivity index is 3.82. The molecule has 0 aromatic carbocycles. The summed E-state index contributed by atoms with van der Waals surface area (Å²) in [5.41, 5.74) is -1.38. The highest BCUT2D eigenvalue weighted by Gasteiger charge is 2.18. The number of halogens is 2. The van der Waals surface area contributed by atoms with Crippen molar-refractivity contribution in [3.8, 4) is 0 Å². The second-order valence-electron chi connectivity index (χ2n) is 4.26. The Labute approximate surface area is 124 Å². The summed E-state index contributed by atoms with van der Waals surface area (Å²) >= 11 is 11.6. The molecule has 0 rings (SSSR count). The van der Waals surface area contributed by atoms with Crippen LogP contribution in [0.25, 0.3) is 0 Å². The first-order valence-electron chi connectivity index (χ1n) is 6.66. The number of hydrogen-bond acceptors (Lipinski definition) is 4. The Bertz CT molecular complexity index is 245. The summed E-state index contributed by atoms with van der Waals surface area (Å²) in [7, 11) is 0. The Morgan fingerprint density at radius 2 is 1.26 bits per heavy atom. The molecule has 6 heteroatoms. The van der Waals surface area contributed by atoms with Gasteiger partial charge in [0.2, 0.25) is 0 Å². The summed E-state index contributed by atoms with van der Waals surface area (Å²) in [6.45, 7) is 4.03. The van der Waals surface area contributed by atoms with Gasteiger partial charge in [0.15, 0.2) is 11.1 Å². The molecular weight excluding hydrogens is 291 g/mol. The minimum absolute atomic E-state index is 0.454. The second-order valence-corrected chi connectivity index (χ2v) is 5.23. The predicted octanol–water partition coefficient (Wildman–Crippen LogP) is 3.97. The molecule has 0 heterocycles. The van der Waals surface area contributed by atoms with Crippen LogP contribution in [0.4, 0.5) is 0 Å². The minimum atomic E-state index is -0.688. The third-order valence-corrected chi connectivity index (χ3v) is 2.99. The van der Waals surface area contributed by atoms with Crippen molar-refractivity contribution < 1.29 is 19.1 Å². The molecular formula is C13H22Cl2O4. The zero-order chi connectivity index (χ0) is 14.7. The number of rotatable bonds is 10. The van der Waals surface area contributed by atoms with Crippen molar-refractivity contribution in [3.63, 3.8) is 0 Å². The Kier molecular flexibility index (Phi) is 11.1. The standard InChI is InChI=1S/C13H22Cl2O4/c1-3-5-7-10(14)18-12(16)9-13(17)19-11(15)8-6-4-2/h10-11H,3-9H2,1-2H3. The molecule has 0 amide bonds. The monoisotopic (exact) mass is 312 g/mol. The molecule has 0 aromatic heterocycles. The first-order chi connectivity index (χ1) is 8.99. The van der Waals surface area contributed by atoms with Crippen molar-refractivity contribution in [3.05, 3.63) is 0 Å². The van der Waals surface area contributed by atoms with Gasteiger partial charge < -0.3 is 9.47 Å². The van der Waals surface area contributed by atoms with E-state index in [-0.39, 0.29) is 0 Å². The van der Waals surface area contributed by atoms with Crippen molar-refractivity contribution in [2.75, 3.05) is 0 Å². The summed E-state index contributed by atoms with van der Waals surface area (Å²) in [4.78, 5) is 22.7. The van der Waals surface area contributed by atoms with Gasteiger partial charge in [-0.2, -0.15) is 0 Å². The Hall–Kier alpha value is -0.480. The number of carbonyl (C=O) groups excluding carboxylic acids is 2. The molecule has 0 saturated heterocycles. The summed E-state index contributed by atoms with van der Waals surface area (Å²) < 4.78 is 9.74. The molecule has 0 aliphatic heterocycles. The zero-order valence-electron chi connectivity index (χ0n) is 11.5. The maximum atomic E-state index is 11.4. The number of unbranched alkanes of at least 4 members (excludes halogenated alkanes) is 2. The normalized spacial score (nSPS) is 13.7. The lowest BCUT2D eigenvalue weighted by Crippen LogP contribution is -2.20. The maximum absolute atomic E-state index is 11.4. The molecule has 0 aromatic rings. The van der Waals surface area contributed by atoms with E-state index in [9.17, 15) is 9.59 Å². The van der Waals surface area contributed by atoms with E-state index in [2.05, 4.69) is 0 Å². The van der Waals surface area contributed by atoms with Gasteiger partial charge in [0.05, 0.1) is 0 Å². The zero-order valence-corrected chi connectivity index (χ0v) is 13.0. The largest absolute Gasteiger partial charge is 0.446 e. The van der Waals surface area contributed by atoms with Crippen molar-refractivity contribution in [1.29, 1.82) is 0 Å². The molecule has 4 nitrogen and oxygen atoms in total. The van der Waals surface area contributed by atoms with E-state index in [1.165, 1.54) is 0 Å². The highest BCUT2D eigenvalue weighted by atomic mass is 35.5. The fraction of sp³-hybridized carbons (Fsp3) is 0.846. The topological polar surface area (TPSA) is 52.6 Å². The first-order valence-corrected chi connectivity index (χ1v) is 7.54.